The van der Waals surface area contributed by atoms with Gasteiger partial charge >= 0.3 is 12.1 Å². The van der Waals surface area contributed by atoms with Crippen LogP contribution in [0, 0.1) is 0 Å². The summed E-state index contributed by atoms with van der Waals surface area (Å²) in [6, 6.07) is 21.5. The van der Waals surface area contributed by atoms with Gasteiger partial charge in [-0.1, -0.05) is 61.4 Å². The first-order valence-corrected chi connectivity index (χ1v) is 33.9. The normalized spacial score (nSPS) is 14.3. The Labute approximate surface area is 576 Å². The summed E-state index contributed by atoms with van der Waals surface area (Å²) in [5.41, 5.74) is 12.3. The van der Waals surface area contributed by atoms with Crippen molar-refractivity contribution < 1.29 is 85.9 Å². The fourth-order valence-corrected chi connectivity index (χ4v) is 10.9. The summed E-state index contributed by atoms with van der Waals surface area (Å²) in [4.78, 5) is 88.0. The Morgan fingerprint density at radius 2 is 1.30 bits per heavy atom. The number of ether oxygens (including phenoxy) is 12. The molecule has 540 valence electrons. The van der Waals surface area contributed by atoms with Crippen LogP contribution in [0.15, 0.2) is 88.8 Å². The second-order valence-electron chi connectivity index (χ2n) is 23.1. The van der Waals surface area contributed by atoms with Crippen molar-refractivity contribution in [1.82, 2.24) is 30.8 Å². The number of aryl methyl sites for hydroxylation is 1. The number of rotatable bonds is 51. The Morgan fingerprint density at radius 3 is 1.90 bits per heavy atom. The largest absolute Gasteiger partial charge is 0.494 e. The van der Waals surface area contributed by atoms with Crippen LogP contribution in [0.3, 0.4) is 0 Å². The van der Waals surface area contributed by atoms with E-state index < -0.39 is 47.5 Å². The van der Waals surface area contributed by atoms with Gasteiger partial charge in [0.15, 0.2) is 5.60 Å². The van der Waals surface area contributed by atoms with Gasteiger partial charge in [0, 0.05) is 53.0 Å². The number of alkyl carbamates (subject to hydrolysis) is 1. The van der Waals surface area contributed by atoms with Crippen molar-refractivity contribution in [3.8, 4) is 17.1 Å². The lowest BCUT2D eigenvalue weighted by molar-refractivity contribution is -0.172. The van der Waals surface area contributed by atoms with Crippen molar-refractivity contribution in [1.29, 1.82) is 0 Å². The first kappa shape index (κ1) is 78.2. The number of carbonyl (C=O) groups excluding carboxylic acids is 5. The summed E-state index contributed by atoms with van der Waals surface area (Å²) >= 11 is 0. The van der Waals surface area contributed by atoms with E-state index in [4.69, 9.17) is 67.4 Å². The van der Waals surface area contributed by atoms with Crippen molar-refractivity contribution in [2.24, 2.45) is 5.11 Å². The summed E-state index contributed by atoms with van der Waals surface area (Å²) in [7, 11) is 1.84. The molecule has 3 aromatic carbocycles. The number of carbonyl (C=O) groups is 5. The van der Waals surface area contributed by atoms with E-state index in [-0.39, 0.29) is 68.9 Å². The van der Waals surface area contributed by atoms with Crippen LogP contribution in [-0.2, 0) is 109 Å². The average molecular weight is 1380 g/mol. The van der Waals surface area contributed by atoms with Crippen molar-refractivity contribution in [3.63, 3.8) is 0 Å². The number of cyclic esters (lactones) is 1. The van der Waals surface area contributed by atoms with Gasteiger partial charge in [0.25, 0.3) is 5.56 Å². The first-order valence-electron chi connectivity index (χ1n) is 33.9. The molecule has 0 fully saturated rings. The number of esters is 1. The summed E-state index contributed by atoms with van der Waals surface area (Å²) < 4.78 is 67.9. The molecule has 0 radical (unpaired) electrons. The fourth-order valence-electron chi connectivity index (χ4n) is 10.9. The van der Waals surface area contributed by atoms with E-state index in [1.807, 2.05) is 62.5 Å². The van der Waals surface area contributed by atoms with Crippen molar-refractivity contribution >= 4 is 46.4 Å². The highest BCUT2D eigenvalue weighted by Crippen LogP contribution is 2.41. The Bertz CT molecular complexity index is 3430. The number of hydrogen-bond donors (Lipinski definition) is 6. The van der Waals surface area contributed by atoms with Gasteiger partial charge in [0.2, 0.25) is 17.7 Å². The number of hydrogen-bond acceptors (Lipinski definition) is 22. The molecular weight excluding hydrogens is 1280 g/mol. The second kappa shape index (κ2) is 44.1. The number of azide groups is 1. The summed E-state index contributed by atoms with van der Waals surface area (Å²) in [6.07, 6.45) is 2.48. The third-order valence-electron chi connectivity index (χ3n) is 16.2. The molecule has 2 aliphatic heterocycles. The number of fused-ring (bicyclic) bond motifs is 5. The zero-order valence-corrected chi connectivity index (χ0v) is 57.0. The standard InChI is InChI=1S/C70H96N10O19/c1-4-54-55-45-53(19-20-59(55)77-64-56(54)47-80-62(64)46-58-57(67(80)84)49-98-68(85)70(58,87)5-2)97-25-11-23-73-69(86)99-48-51-15-17-52(18-16-51)75-65(82)60(14-9-10-22-72-3)78-66(83)61(44-50-12-7-6-8-13-50)76-63(81)21-26-88-28-30-90-32-34-92-36-38-94-40-42-96-43-41-95-39-37-93-35-33-91-31-29-89-27-24-74-79-71/h6-8,12-13,15-20,45-46,60-61,72,87H,4-5,9-11,14,21-44,47-49H2,1-3H3,(H,73,86)(H,75,82)(H,76,81)(H,78,83)/t60-,61-,70-/m0/s1. The number of nitrogens with zero attached hydrogens (tertiary/aromatic N) is 5. The van der Waals surface area contributed by atoms with Crippen LogP contribution in [0.1, 0.15) is 85.8 Å². The monoisotopic (exact) mass is 1380 g/mol. The molecule has 0 unspecified atom stereocenters. The number of benzene rings is 3. The zero-order valence-electron chi connectivity index (χ0n) is 57.0. The highest BCUT2D eigenvalue weighted by Gasteiger charge is 2.45. The number of anilines is 1. The topological polar surface area (TPSA) is 360 Å². The first-order chi connectivity index (χ1) is 48.4. The zero-order chi connectivity index (χ0) is 70.3. The maximum Gasteiger partial charge on any atom is 0.407 e. The van der Waals surface area contributed by atoms with Crippen LogP contribution < -0.4 is 36.9 Å². The van der Waals surface area contributed by atoms with Crippen LogP contribution in [0.5, 0.6) is 5.75 Å². The number of aliphatic hydroxyl groups is 1. The van der Waals surface area contributed by atoms with Crippen LogP contribution >= 0.6 is 0 Å². The highest BCUT2D eigenvalue weighted by molar-refractivity contribution is 5.98. The lowest BCUT2D eigenvalue weighted by atomic mass is 9.86. The number of nitrogens with one attached hydrogen (secondary N) is 5. The Hall–Kier alpha value is -8.16. The van der Waals surface area contributed by atoms with Gasteiger partial charge in [0.1, 0.15) is 31.0 Å². The van der Waals surface area contributed by atoms with E-state index >= 15 is 0 Å². The van der Waals surface area contributed by atoms with Crippen molar-refractivity contribution in [2.45, 2.75) is 103 Å². The summed E-state index contributed by atoms with van der Waals surface area (Å²) in [5.74, 6) is -1.49. The van der Waals surface area contributed by atoms with Crippen LogP contribution in [0.25, 0.3) is 32.7 Å². The van der Waals surface area contributed by atoms with Gasteiger partial charge in [-0.05, 0) is 111 Å². The molecule has 2 aromatic heterocycles. The van der Waals surface area contributed by atoms with Gasteiger partial charge in [-0.15, -0.1) is 0 Å². The molecule has 0 saturated heterocycles. The third-order valence-corrected chi connectivity index (χ3v) is 16.2. The molecule has 0 saturated carbocycles. The summed E-state index contributed by atoms with van der Waals surface area (Å²) in [5, 5.41) is 30.1. The van der Waals surface area contributed by atoms with E-state index in [9.17, 15) is 33.9 Å². The highest BCUT2D eigenvalue weighted by atomic mass is 16.6. The molecule has 0 spiro atoms. The van der Waals surface area contributed by atoms with Gasteiger partial charge in [0.05, 0.1) is 155 Å². The number of aromatic nitrogens is 2. The third kappa shape index (κ3) is 25.8. The second-order valence-corrected chi connectivity index (χ2v) is 23.1. The molecule has 7 rings (SSSR count). The van der Waals surface area contributed by atoms with E-state index in [0.29, 0.717) is 185 Å². The summed E-state index contributed by atoms with van der Waals surface area (Å²) in [6.45, 7) is 12.3. The van der Waals surface area contributed by atoms with Crippen LogP contribution in [0.2, 0.25) is 0 Å². The molecule has 29 nitrogen and oxygen atoms in total. The molecule has 4 amide bonds. The number of unbranched alkanes of at least 4 members (excludes halogenated alkanes) is 1. The SMILES string of the molecule is CCc1c2c(nc3ccc(OCCCNC(=O)OCc4ccc(NC(=O)[C@H](CCCCNC)NC(=O)[C@H](Cc5ccccc5)NC(=O)CCOCCOCCOCCOCCOCCOCCOCCOCCOCCN=[N+]=[N-])cc4)cc13)-c1cc3c(c(=O)n1C2)COC(=O)[C@]3(O)CC. The maximum atomic E-state index is 14.1. The Kier molecular flexibility index (Phi) is 34.8. The van der Waals surface area contributed by atoms with Crippen molar-refractivity contribution in [2.75, 3.05) is 158 Å². The Balaban J connectivity index is 0.743. The minimum absolute atomic E-state index is 0.00829. The molecule has 5 aromatic rings. The predicted molar refractivity (Wildman–Crippen MR) is 365 cm³/mol. The maximum absolute atomic E-state index is 14.1. The quantitative estimate of drug-likeness (QED) is 0.00873. The van der Waals surface area contributed by atoms with Gasteiger partial charge in [-0.25, -0.2) is 14.6 Å². The molecule has 4 heterocycles. The molecule has 0 aliphatic carbocycles. The average Bonchev–Trinajstić information content (AvgIpc) is 1.66. The number of pyridine rings is 2. The molecule has 0 bridgehead atoms. The van der Waals surface area contributed by atoms with E-state index in [1.165, 1.54) is 0 Å². The molecule has 3 atom stereocenters. The molecule has 29 heteroatoms. The van der Waals surface area contributed by atoms with E-state index in [2.05, 4.69) is 36.6 Å². The van der Waals surface area contributed by atoms with Crippen molar-refractivity contribution in [3.05, 3.63) is 133 Å². The van der Waals surface area contributed by atoms with Gasteiger partial charge in [-0.2, -0.15) is 0 Å². The van der Waals surface area contributed by atoms with E-state index in [1.54, 1.807) is 41.8 Å². The lowest BCUT2D eigenvalue weighted by Gasteiger charge is -2.31. The van der Waals surface area contributed by atoms with Crippen LogP contribution in [0.4, 0.5) is 10.5 Å². The van der Waals surface area contributed by atoms with E-state index in [0.717, 1.165) is 35.0 Å². The molecule has 99 heavy (non-hydrogen) atoms. The van der Waals surface area contributed by atoms with Gasteiger partial charge < -0.3 is 93.1 Å². The number of amides is 4. The lowest BCUT2D eigenvalue weighted by Crippen LogP contribution is -2.53. The minimum Gasteiger partial charge on any atom is -0.494 e. The molecule has 6 N–H and O–H groups in total. The fraction of sp³-hybridized carbons (Fsp3) is 0.557. The van der Waals surface area contributed by atoms with Crippen LogP contribution in [-0.4, -0.2) is 209 Å². The van der Waals surface area contributed by atoms with Gasteiger partial charge in [-0.3, -0.25) is 19.2 Å². The smallest absolute Gasteiger partial charge is 0.407 e. The minimum atomic E-state index is -1.91. The Morgan fingerprint density at radius 1 is 0.687 bits per heavy atom. The predicted octanol–water partition coefficient (Wildman–Crippen LogP) is 5.73. The molecular formula is C70H96N10O19. The molecule has 2 aliphatic rings.